The zero-order valence-electron chi connectivity index (χ0n) is 24.9. The lowest BCUT2D eigenvalue weighted by molar-refractivity contribution is 0.0979. The Kier molecular flexibility index (Phi) is 14.9. The number of carbonyl (C=O) groups is 1. The summed E-state index contributed by atoms with van der Waals surface area (Å²) in [5.74, 6) is 1.17. The molecule has 0 N–H and O–H groups in total. The number of ketones is 1. The second-order valence-corrected chi connectivity index (χ2v) is 10.9. The number of hydrogen-bond acceptors (Lipinski definition) is 3. The van der Waals surface area contributed by atoms with E-state index >= 15 is 0 Å². The summed E-state index contributed by atoms with van der Waals surface area (Å²) in [5.41, 5.74) is 5.01. The Balaban J connectivity index is 1.39. The minimum Gasteiger partial charge on any atom is -0.494 e. The summed E-state index contributed by atoms with van der Waals surface area (Å²) in [4.78, 5) is 17.2. The molecule has 214 valence electrons. The Morgan fingerprint density at radius 1 is 0.625 bits per heavy atom. The summed E-state index contributed by atoms with van der Waals surface area (Å²) < 4.78 is 5.83. The largest absolute Gasteiger partial charge is 0.494 e. The van der Waals surface area contributed by atoms with E-state index < -0.39 is 0 Å². The lowest BCUT2D eigenvalue weighted by Crippen LogP contribution is -1.98. The van der Waals surface area contributed by atoms with Crippen LogP contribution >= 0.6 is 0 Å². The molecule has 0 spiro atoms. The summed E-state index contributed by atoms with van der Waals surface area (Å²) in [6.07, 6.45) is 18.8. The fraction of sp³-hybridized carbons (Fsp3) is 0.459. The first-order valence-electron chi connectivity index (χ1n) is 15.7. The van der Waals surface area contributed by atoms with Crippen molar-refractivity contribution in [2.75, 3.05) is 6.61 Å². The van der Waals surface area contributed by atoms with Crippen molar-refractivity contribution < 1.29 is 9.53 Å². The van der Waals surface area contributed by atoms with Crippen LogP contribution in [-0.4, -0.2) is 18.6 Å². The van der Waals surface area contributed by atoms with E-state index in [1.807, 2.05) is 54.7 Å². The topological polar surface area (TPSA) is 38.7 Å². The molecule has 0 atom stereocenters. The Morgan fingerprint density at radius 2 is 1.15 bits per heavy atom. The average molecular weight is 540 g/mol. The maximum atomic E-state index is 12.6. The van der Waals surface area contributed by atoms with Gasteiger partial charge in [-0.1, -0.05) is 121 Å². The molecule has 0 bridgehead atoms. The van der Waals surface area contributed by atoms with E-state index in [1.54, 1.807) is 0 Å². The van der Waals surface area contributed by atoms with E-state index in [4.69, 9.17) is 4.74 Å². The van der Waals surface area contributed by atoms with Crippen molar-refractivity contribution in [1.29, 1.82) is 0 Å². The molecule has 0 radical (unpaired) electrons. The van der Waals surface area contributed by atoms with Gasteiger partial charge in [-0.15, -0.1) is 0 Å². The zero-order valence-corrected chi connectivity index (χ0v) is 24.9. The number of benzene rings is 3. The lowest BCUT2D eigenvalue weighted by Gasteiger charge is -2.06. The highest BCUT2D eigenvalue weighted by Gasteiger charge is 2.06. The van der Waals surface area contributed by atoms with Gasteiger partial charge in [-0.25, -0.2) is 0 Å². The van der Waals surface area contributed by atoms with Crippen LogP contribution in [0.15, 0.2) is 77.8 Å². The zero-order chi connectivity index (χ0) is 28.3. The van der Waals surface area contributed by atoms with Gasteiger partial charge < -0.3 is 4.74 Å². The van der Waals surface area contributed by atoms with Crippen LogP contribution in [0.4, 0.5) is 5.69 Å². The first-order chi connectivity index (χ1) is 19.7. The maximum Gasteiger partial charge on any atom is 0.162 e. The van der Waals surface area contributed by atoms with Crippen LogP contribution < -0.4 is 4.74 Å². The van der Waals surface area contributed by atoms with Crippen molar-refractivity contribution in [3.8, 4) is 16.9 Å². The van der Waals surface area contributed by atoms with Crippen molar-refractivity contribution >= 4 is 17.7 Å². The number of nitrogens with zero attached hydrogens (tertiary/aromatic N) is 1. The van der Waals surface area contributed by atoms with Gasteiger partial charge in [0.05, 0.1) is 12.3 Å². The van der Waals surface area contributed by atoms with Gasteiger partial charge >= 0.3 is 0 Å². The van der Waals surface area contributed by atoms with Crippen molar-refractivity contribution in [3.05, 3.63) is 83.9 Å². The van der Waals surface area contributed by atoms with Gasteiger partial charge in [0.15, 0.2) is 5.78 Å². The van der Waals surface area contributed by atoms with Gasteiger partial charge in [-0.2, -0.15) is 0 Å². The normalized spacial score (nSPS) is 11.2. The first kappa shape index (κ1) is 31.3. The quantitative estimate of drug-likeness (QED) is 0.0813. The Bertz CT molecular complexity index is 1110. The van der Waals surface area contributed by atoms with E-state index in [2.05, 4.69) is 43.1 Å². The first-order valence-corrected chi connectivity index (χ1v) is 15.7. The van der Waals surface area contributed by atoms with Gasteiger partial charge in [0, 0.05) is 18.2 Å². The second-order valence-electron chi connectivity index (χ2n) is 10.9. The minimum absolute atomic E-state index is 0.255. The molecule has 0 aromatic heterocycles. The molecular formula is C37H49NO2. The summed E-state index contributed by atoms with van der Waals surface area (Å²) in [6.45, 7) is 5.25. The molecule has 0 saturated carbocycles. The standard InChI is InChI=1S/C37H49NO2/c1-3-5-7-9-10-11-12-13-14-16-37(39)34-21-19-32(20-22-34)33-23-25-35(26-24-33)38-30-31-17-27-36(28-18-31)40-29-15-8-6-4-2/h17-28,30H,3-16,29H2,1-2H3. The monoisotopic (exact) mass is 539 g/mol. The van der Waals surface area contributed by atoms with Crippen LogP contribution in [0.25, 0.3) is 11.1 Å². The van der Waals surface area contributed by atoms with Gasteiger partial charge in [0.1, 0.15) is 5.75 Å². The fourth-order valence-corrected chi connectivity index (χ4v) is 4.85. The highest BCUT2D eigenvalue weighted by Crippen LogP contribution is 2.24. The fourth-order valence-electron chi connectivity index (χ4n) is 4.85. The molecule has 40 heavy (non-hydrogen) atoms. The number of unbranched alkanes of at least 4 members (excludes halogenated alkanes) is 11. The molecule has 3 rings (SSSR count). The van der Waals surface area contributed by atoms with E-state index in [0.717, 1.165) is 59.6 Å². The van der Waals surface area contributed by atoms with Gasteiger partial charge in [-0.05, 0) is 65.9 Å². The molecule has 0 unspecified atom stereocenters. The van der Waals surface area contributed by atoms with Crippen molar-refractivity contribution in [2.24, 2.45) is 4.99 Å². The summed E-state index contributed by atoms with van der Waals surface area (Å²) >= 11 is 0. The third kappa shape index (κ3) is 11.9. The van der Waals surface area contributed by atoms with Crippen molar-refractivity contribution in [1.82, 2.24) is 0 Å². The molecule has 0 saturated heterocycles. The summed E-state index contributed by atoms with van der Waals surface area (Å²) in [7, 11) is 0. The second kappa shape index (κ2) is 19.0. The van der Waals surface area contributed by atoms with Gasteiger partial charge in [-0.3, -0.25) is 9.79 Å². The van der Waals surface area contributed by atoms with Crippen LogP contribution in [0, 0.1) is 0 Å². The number of rotatable bonds is 20. The molecule has 3 aromatic carbocycles. The number of carbonyl (C=O) groups excluding carboxylic acids is 1. The molecule has 3 heteroatoms. The van der Waals surface area contributed by atoms with E-state index in [0.29, 0.717) is 6.42 Å². The van der Waals surface area contributed by atoms with E-state index in [9.17, 15) is 4.79 Å². The molecule has 0 fully saturated rings. The van der Waals surface area contributed by atoms with Crippen LogP contribution in [0.1, 0.15) is 120 Å². The lowest BCUT2D eigenvalue weighted by atomic mass is 9.99. The molecular weight excluding hydrogens is 490 g/mol. The van der Waals surface area contributed by atoms with Gasteiger partial charge in [0.2, 0.25) is 0 Å². The molecule has 0 aliphatic carbocycles. The van der Waals surface area contributed by atoms with Crippen LogP contribution in [0.2, 0.25) is 0 Å². The number of ether oxygens (including phenoxy) is 1. The minimum atomic E-state index is 0.255. The van der Waals surface area contributed by atoms with Gasteiger partial charge in [0.25, 0.3) is 0 Å². The van der Waals surface area contributed by atoms with E-state index in [-0.39, 0.29) is 5.78 Å². The van der Waals surface area contributed by atoms with Crippen molar-refractivity contribution in [2.45, 2.75) is 104 Å². The number of Topliss-reactive ketones (excluding diaryl/α,β-unsaturated/α-hetero) is 1. The summed E-state index contributed by atoms with van der Waals surface area (Å²) in [5, 5.41) is 0. The van der Waals surface area contributed by atoms with Crippen LogP contribution in [0.5, 0.6) is 5.75 Å². The van der Waals surface area contributed by atoms with Crippen LogP contribution in [-0.2, 0) is 0 Å². The average Bonchev–Trinajstić information content (AvgIpc) is 3.00. The Morgan fingerprint density at radius 3 is 1.75 bits per heavy atom. The Labute approximate surface area is 243 Å². The molecule has 0 aliphatic rings. The smallest absolute Gasteiger partial charge is 0.162 e. The number of hydrogen-bond donors (Lipinski definition) is 0. The third-order valence-corrected chi connectivity index (χ3v) is 7.42. The molecule has 3 nitrogen and oxygen atoms in total. The Hall–Kier alpha value is -3.20. The predicted molar refractivity (Wildman–Crippen MR) is 171 cm³/mol. The molecule has 0 aliphatic heterocycles. The molecule has 0 amide bonds. The molecule has 3 aromatic rings. The number of aliphatic imine (C=N–C) groups is 1. The van der Waals surface area contributed by atoms with E-state index in [1.165, 1.54) is 64.2 Å². The highest BCUT2D eigenvalue weighted by atomic mass is 16.5. The predicted octanol–water partition coefficient (Wildman–Crippen LogP) is 11.2. The van der Waals surface area contributed by atoms with Crippen LogP contribution in [0.3, 0.4) is 0 Å². The summed E-state index contributed by atoms with van der Waals surface area (Å²) in [6, 6.07) is 24.4. The highest BCUT2D eigenvalue weighted by molar-refractivity contribution is 5.96. The third-order valence-electron chi connectivity index (χ3n) is 7.42. The maximum absolute atomic E-state index is 12.6. The molecule has 0 heterocycles. The SMILES string of the molecule is CCCCCCCCCCCC(=O)c1ccc(-c2ccc(N=Cc3ccc(OCCCCCC)cc3)cc2)cc1. The van der Waals surface area contributed by atoms with Crippen molar-refractivity contribution in [3.63, 3.8) is 0 Å².